The van der Waals surface area contributed by atoms with Crippen molar-refractivity contribution in [2.45, 2.75) is 31.8 Å². The molecule has 3 heterocycles. The molecular weight excluding hydrogens is 416 g/mol. The Hall–Kier alpha value is -4.14. The zero-order valence-corrected chi connectivity index (χ0v) is 18.1. The number of hydrogen-bond acceptors (Lipinski definition) is 7. The standard InChI is InChI=1S/C24H24N8O/c25-20(13-29-26)17-5-7-27-22(11-17)23(33)32-8-6-21-18(14-32)12-28-24(31-21)30-19-9-15-3-1-2-4-16(15)10-19/h1-5,7,11-13,19,25H,6,8-10,14,26H2,(H,28,30,31)/p+1. The number of aromatic nitrogens is 3. The molecule has 3 aromatic rings. The van der Waals surface area contributed by atoms with Crippen molar-refractivity contribution in [3.63, 3.8) is 0 Å². The number of carbonyl (C=O) groups excluding carboxylic acids is 1. The second kappa shape index (κ2) is 8.78. The third-order valence-corrected chi connectivity index (χ3v) is 6.13. The summed E-state index contributed by atoms with van der Waals surface area (Å²) in [6, 6.07) is 12.2. The van der Waals surface area contributed by atoms with Gasteiger partial charge in [-0.3, -0.25) is 15.2 Å². The fourth-order valence-electron chi connectivity index (χ4n) is 4.45. The van der Waals surface area contributed by atoms with Gasteiger partial charge >= 0.3 is 0 Å². The minimum atomic E-state index is -0.161. The van der Waals surface area contributed by atoms with Crippen LogP contribution >= 0.6 is 0 Å². The summed E-state index contributed by atoms with van der Waals surface area (Å²) in [5, 5.41) is 12.8. The molecular formula is C24H25N8O+. The predicted molar refractivity (Wildman–Crippen MR) is 125 cm³/mol. The van der Waals surface area contributed by atoms with E-state index in [0.29, 0.717) is 48.5 Å². The number of anilines is 1. The highest BCUT2D eigenvalue weighted by atomic mass is 16.2. The molecule has 0 bridgehead atoms. The SMILES string of the molecule is NN=CC(=[NH2+])c1ccnc(C(=O)N2CCc3nc(NC4Cc5ccccc5C4)ncc3C2)c1. The van der Waals surface area contributed by atoms with Gasteiger partial charge in [-0.1, -0.05) is 24.3 Å². The van der Waals surface area contributed by atoms with E-state index in [4.69, 9.17) is 16.2 Å². The van der Waals surface area contributed by atoms with Crippen molar-refractivity contribution in [2.24, 2.45) is 10.9 Å². The van der Waals surface area contributed by atoms with Crippen LogP contribution in [0.2, 0.25) is 0 Å². The largest absolute Gasteiger partial charge is 0.351 e. The minimum absolute atomic E-state index is 0.161. The van der Waals surface area contributed by atoms with Crippen LogP contribution in [0.3, 0.4) is 0 Å². The number of hydrogen-bond donors (Lipinski definition) is 3. The average Bonchev–Trinajstić information content (AvgIpc) is 3.26. The first-order valence-corrected chi connectivity index (χ1v) is 10.9. The van der Waals surface area contributed by atoms with E-state index in [1.54, 1.807) is 23.2 Å². The van der Waals surface area contributed by atoms with Crippen LogP contribution in [0.25, 0.3) is 0 Å². The number of nitrogens with one attached hydrogen (secondary N) is 1. The number of benzene rings is 1. The fraction of sp³-hybridized carbons (Fsp3) is 0.250. The zero-order chi connectivity index (χ0) is 22.8. The number of amides is 1. The van der Waals surface area contributed by atoms with Gasteiger partial charge in [0.25, 0.3) is 5.91 Å². The Balaban J connectivity index is 1.26. The summed E-state index contributed by atoms with van der Waals surface area (Å²) >= 11 is 0. The molecule has 1 aromatic carbocycles. The molecule has 0 spiro atoms. The van der Waals surface area contributed by atoms with E-state index < -0.39 is 0 Å². The molecule has 0 saturated carbocycles. The number of rotatable bonds is 5. The fourth-order valence-corrected chi connectivity index (χ4v) is 4.45. The van der Waals surface area contributed by atoms with Gasteiger partial charge < -0.3 is 16.1 Å². The Bertz CT molecular complexity index is 1230. The molecule has 1 aliphatic heterocycles. The maximum atomic E-state index is 13.0. The maximum Gasteiger partial charge on any atom is 0.272 e. The molecule has 166 valence electrons. The lowest BCUT2D eigenvalue weighted by atomic mass is 10.1. The van der Waals surface area contributed by atoms with Crippen molar-refractivity contribution in [3.05, 3.63) is 82.4 Å². The first-order valence-electron chi connectivity index (χ1n) is 10.9. The van der Waals surface area contributed by atoms with Gasteiger partial charge in [0.15, 0.2) is 0 Å². The van der Waals surface area contributed by atoms with E-state index in [2.05, 4.69) is 44.7 Å². The Morgan fingerprint density at radius 2 is 1.97 bits per heavy atom. The predicted octanol–water partition coefficient (Wildman–Crippen LogP) is 0.142. The van der Waals surface area contributed by atoms with E-state index in [1.165, 1.54) is 17.3 Å². The number of hydrazone groups is 1. The number of nitrogens with zero attached hydrogens (tertiary/aromatic N) is 5. The summed E-state index contributed by atoms with van der Waals surface area (Å²) in [5.41, 5.74) is 6.04. The van der Waals surface area contributed by atoms with Crippen molar-refractivity contribution in [3.8, 4) is 0 Å². The first-order chi connectivity index (χ1) is 16.1. The summed E-state index contributed by atoms with van der Waals surface area (Å²) in [6.07, 6.45) is 7.33. The quantitative estimate of drug-likeness (QED) is 0.293. The van der Waals surface area contributed by atoms with Crippen LogP contribution in [-0.2, 0) is 25.8 Å². The van der Waals surface area contributed by atoms with E-state index >= 15 is 0 Å². The van der Waals surface area contributed by atoms with Crippen LogP contribution in [0.1, 0.15) is 38.4 Å². The zero-order valence-electron chi connectivity index (χ0n) is 18.1. The van der Waals surface area contributed by atoms with E-state index in [1.807, 2.05) is 6.20 Å². The number of fused-ring (bicyclic) bond motifs is 2. The first kappa shape index (κ1) is 20.7. The molecule has 9 nitrogen and oxygen atoms in total. The third kappa shape index (κ3) is 4.30. The molecule has 0 radical (unpaired) electrons. The highest BCUT2D eigenvalue weighted by Gasteiger charge is 2.26. The second-order valence-corrected chi connectivity index (χ2v) is 8.32. The molecule has 0 atom stereocenters. The van der Waals surface area contributed by atoms with Crippen molar-refractivity contribution >= 4 is 23.8 Å². The highest BCUT2D eigenvalue weighted by Crippen LogP contribution is 2.25. The molecule has 2 aromatic heterocycles. The van der Waals surface area contributed by atoms with Gasteiger partial charge in [0.2, 0.25) is 11.7 Å². The summed E-state index contributed by atoms with van der Waals surface area (Å²) < 4.78 is 0. The smallest absolute Gasteiger partial charge is 0.272 e. The molecule has 2 aliphatic rings. The molecule has 33 heavy (non-hydrogen) atoms. The summed E-state index contributed by atoms with van der Waals surface area (Å²) in [7, 11) is 0. The Morgan fingerprint density at radius 1 is 1.18 bits per heavy atom. The van der Waals surface area contributed by atoms with Gasteiger partial charge in [-0.05, 0) is 36.1 Å². The van der Waals surface area contributed by atoms with E-state index in [0.717, 1.165) is 24.1 Å². The van der Waals surface area contributed by atoms with Crippen LogP contribution in [0, 0.1) is 0 Å². The van der Waals surface area contributed by atoms with Gasteiger partial charge in [0.1, 0.15) is 11.9 Å². The minimum Gasteiger partial charge on any atom is -0.351 e. The third-order valence-electron chi connectivity index (χ3n) is 6.13. The van der Waals surface area contributed by atoms with Crippen molar-refractivity contribution in [2.75, 3.05) is 11.9 Å². The van der Waals surface area contributed by atoms with Gasteiger partial charge in [-0.25, -0.2) is 9.97 Å². The van der Waals surface area contributed by atoms with Crippen LogP contribution < -0.4 is 16.6 Å². The Morgan fingerprint density at radius 3 is 2.73 bits per heavy atom. The second-order valence-electron chi connectivity index (χ2n) is 8.32. The molecule has 0 fully saturated rings. The monoisotopic (exact) mass is 441 g/mol. The van der Waals surface area contributed by atoms with Crippen LogP contribution in [-0.4, -0.2) is 50.3 Å². The Labute approximate surface area is 191 Å². The van der Waals surface area contributed by atoms with Gasteiger partial charge in [-0.2, -0.15) is 5.10 Å². The number of nitrogens with two attached hydrogens (primary N) is 2. The average molecular weight is 442 g/mol. The molecule has 0 unspecified atom stereocenters. The van der Waals surface area contributed by atoms with Crippen molar-refractivity contribution in [1.29, 1.82) is 0 Å². The molecule has 1 amide bonds. The highest BCUT2D eigenvalue weighted by molar-refractivity contribution is 6.35. The molecule has 5 N–H and O–H groups in total. The Kier molecular flexibility index (Phi) is 5.52. The summed E-state index contributed by atoms with van der Waals surface area (Å²) in [6.45, 7) is 1.01. The van der Waals surface area contributed by atoms with Crippen molar-refractivity contribution in [1.82, 2.24) is 19.9 Å². The van der Waals surface area contributed by atoms with Crippen LogP contribution in [0.15, 0.2) is 53.9 Å². The van der Waals surface area contributed by atoms with Gasteiger partial charge in [0, 0.05) is 43.5 Å². The molecule has 0 saturated heterocycles. The maximum absolute atomic E-state index is 13.0. The summed E-state index contributed by atoms with van der Waals surface area (Å²) in [4.78, 5) is 28.3. The van der Waals surface area contributed by atoms with Gasteiger partial charge in [0.05, 0.1) is 11.3 Å². The number of pyridine rings is 1. The lowest BCUT2D eigenvalue weighted by Crippen LogP contribution is -2.42. The molecule has 1 aliphatic carbocycles. The lowest BCUT2D eigenvalue weighted by molar-refractivity contribution is -0.109. The lowest BCUT2D eigenvalue weighted by Gasteiger charge is -2.28. The van der Waals surface area contributed by atoms with Crippen molar-refractivity contribution < 1.29 is 10.2 Å². The van der Waals surface area contributed by atoms with Gasteiger partial charge in [-0.15, -0.1) is 0 Å². The summed E-state index contributed by atoms with van der Waals surface area (Å²) in [5.74, 6) is 5.65. The van der Waals surface area contributed by atoms with Crippen LogP contribution in [0.4, 0.5) is 5.95 Å². The topological polar surface area (TPSA) is 135 Å². The molecule has 9 heteroatoms. The van der Waals surface area contributed by atoms with E-state index in [9.17, 15) is 4.79 Å². The molecule has 5 rings (SSSR count). The van der Waals surface area contributed by atoms with E-state index in [-0.39, 0.29) is 5.91 Å². The van der Waals surface area contributed by atoms with Crippen LogP contribution in [0.5, 0.6) is 0 Å². The number of carbonyl (C=O) groups is 1. The normalized spacial score (nSPS) is 15.3.